The number of anilines is 1. The lowest BCUT2D eigenvalue weighted by molar-refractivity contribution is -0.139. The van der Waals surface area contributed by atoms with Crippen LogP contribution in [0.2, 0.25) is 5.02 Å². The zero-order valence-corrected chi connectivity index (χ0v) is 16.8. The first-order chi connectivity index (χ1) is 13.4. The zero-order chi connectivity index (χ0) is 20.1. The number of hydrogen-bond acceptors (Lipinski definition) is 4. The van der Waals surface area contributed by atoms with Gasteiger partial charge in [0.15, 0.2) is 6.61 Å². The summed E-state index contributed by atoms with van der Waals surface area (Å²) < 4.78 is 5.63. The van der Waals surface area contributed by atoms with Gasteiger partial charge in [0.2, 0.25) is 0 Å². The molecule has 1 fully saturated rings. The number of likely N-dealkylation sites (tertiary alicyclic amines) is 1. The highest BCUT2D eigenvalue weighted by Gasteiger charge is 2.28. The first kappa shape index (κ1) is 20.1. The highest BCUT2D eigenvalue weighted by Crippen LogP contribution is 2.23. The Bertz CT molecular complexity index is 814. The van der Waals surface area contributed by atoms with Crippen LogP contribution in [0.25, 0.3) is 0 Å². The predicted octanol–water partition coefficient (Wildman–Crippen LogP) is 4.16. The number of nitrogens with one attached hydrogen (secondary N) is 1. The number of rotatable bonds is 5. The maximum atomic E-state index is 12.5. The molecule has 6 nitrogen and oxygen atoms in total. The van der Waals surface area contributed by atoms with Crippen molar-refractivity contribution in [3.05, 3.63) is 53.2 Å². The SMILES string of the molecule is CC1CCCC(C)N1C(=O)COc1ccc(C(=O)Nc2ccc(Cl)cn2)cc1. The van der Waals surface area contributed by atoms with Gasteiger partial charge in [0.05, 0.1) is 5.02 Å². The molecule has 0 bridgehead atoms. The molecule has 1 aromatic heterocycles. The number of halogens is 1. The number of carbonyl (C=O) groups is 2. The van der Waals surface area contributed by atoms with Crippen molar-refractivity contribution in [1.29, 1.82) is 0 Å². The lowest BCUT2D eigenvalue weighted by atomic mass is 9.97. The van der Waals surface area contributed by atoms with E-state index in [2.05, 4.69) is 24.1 Å². The fourth-order valence-corrected chi connectivity index (χ4v) is 3.59. The van der Waals surface area contributed by atoms with Gasteiger partial charge in [-0.3, -0.25) is 9.59 Å². The number of pyridine rings is 1. The summed E-state index contributed by atoms with van der Waals surface area (Å²) in [6, 6.07) is 10.4. The third-order valence-electron chi connectivity index (χ3n) is 4.93. The number of piperidine rings is 1. The third-order valence-corrected chi connectivity index (χ3v) is 5.15. The summed E-state index contributed by atoms with van der Waals surface area (Å²) in [5.41, 5.74) is 0.466. The summed E-state index contributed by atoms with van der Waals surface area (Å²) in [4.78, 5) is 30.7. The van der Waals surface area contributed by atoms with Crippen molar-refractivity contribution >= 4 is 29.2 Å². The second-order valence-electron chi connectivity index (χ2n) is 7.06. The van der Waals surface area contributed by atoms with Crippen molar-refractivity contribution in [1.82, 2.24) is 9.88 Å². The summed E-state index contributed by atoms with van der Waals surface area (Å²) in [5, 5.41) is 3.20. The third kappa shape index (κ3) is 5.01. The van der Waals surface area contributed by atoms with Crippen LogP contribution in [-0.4, -0.2) is 40.4 Å². The molecular formula is C21H24ClN3O3. The maximum absolute atomic E-state index is 12.5. The van der Waals surface area contributed by atoms with Gasteiger partial charge < -0.3 is 15.0 Å². The van der Waals surface area contributed by atoms with Crippen LogP contribution in [0.4, 0.5) is 5.82 Å². The number of amides is 2. The lowest BCUT2D eigenvalue weighted by Crippen LogP contribution is -2.49. The molecule has 2 heterocycles. The van der Waals surface area contributed by atoms with E-state index in [0.29, 0.717) is 22.2 Å². The fourth-order valence-electron chi connectivity index (χ4n) is 3.47. The molecule has 2 atom stereocenters. The van der Waals surface area contributed by atoms with Gasteiger partial charge in [-0.05, 0) is 69.5 Å². The molecule has 7 heteroatoms. The Balaban J connectivity index is 1.54. The molecule has 3 rings (SSSR count). The highest BCUT2D eigenvalue weighted by molar-refractivity contribution is 6.30. The molecule has 28 heavy (non-hydrogen) atoms. The van der Waals surface area contributed by atoms with Gasteiger partial charge in [-0.1, -0.05) is 11.6 Å². The second kappa shape index (κ2) is 9.06. The summed E-state index contributed by atoms with van der Waals surface area (Å²) in [6.45, 7) is 4.15. The van der Waals surface area contributed by atoms with Crippen molar-refractivity contribution in [2.24, 2.45) is 0 Å². The van der Waals surface area contributed by atoms with Crippen LogP contribution >= 0.6 is 11.6 Å². The molecule has 0 radical (unpaired) electrons. The van der Waals surface area contributed by atoms with E-state index in [0.717, 1.165) is 19.3 Å². The second-order valence-corrected chi connectivity index (χ2v) is 7.50. The van der Waals surface area contributed by atoms with E-state index < -0.39 is 0 Å². The van der Waals surface area contributed by atoms with Crippen LogP contribution < -0.4 is 10.1 Å². The van der Waals surface area contributed by atoms with E-state index in [-0.39, 0.29) is 30.5 Å². The summed E-state index contributed by atoms with van der Waals surface area (Å²) in [6.07, 6.45) is 4.68. The van der Waals surface area contributed by atoms with E-state index in [1.54, 1.807) is 36.4 Å². The van der Waals surface area contributed by atoms with Crippen LogP contribution in [0.3, 0.4) is 0 Å². The quantitative estimate of drug-likeness (QED) is 0.816. The smallest absolute Gasteiger partial charge is 0.260 e. The normalized spacial score (nSPS) is 19.2. The number of nitrogens with zero attached hydrogens (tertiary/aromatic N) is 2. The first-order valence-corrected chi connectivity index (χ1v) is 9.79. The minimum absolute atomic E-state index is 0.00432. The van der Waals surface area contributed by atoms with E-state index >= 15 is 0 Å². The van der Waals surface area contributed by atoms with Crippen LogP contribution in [0.5, 0.6) is 5.75 Å². The first-order valence-electron chi connectivity index (χ1n) is 9.41. The van der Waals surface area contributed by atoms with Gasteiger partial charge in [-0.25, -0.2) is 4.98 Å². The monoisotopic (exact) mass is 401 g/mol. The van der Waals surface area contributed by atoms with Crippen molar-refractivity contribution in [3.8, 4) is 5.75 Å². The van der Waals surface area contributed by atoms with E-state index in [1.165, 1.54) is 6.20 Å². The number of carbonyl (C=O) groups excluding carboxylic acids is 2. The van der Waals surface area contributed by atoms with Gasteiger partial charge in [-0.15, -0.1) is 0 Å². The molecule has 1 aromatic carbocycles. The average molecular weight is 402 g/mol. The highest BCUT2D eigenvalue weighted by atomic mass is 35.5. The van der Waals surface area contributed by atoms with Gasteiger partial charge >= 0.3 is 0 Å². The van der Waals surface area contributed by atoms with Crippen LogP contribution in [-0.2, 0) is 4.79 Å². The Morgan fingerprint density at radius 1 is 1.14 bits per heavy atom. The number of aromatic nitrogens is 1. The molecule has 2 unspecified atom stereocenters. The Labute approximate surface area is 169 Å². The minimum atomic E-state index is -0.284. The largest absolute Gasteiger partial charge is 0.484 e. The van der Waals surface area contributed by atoms with Gasteiger partial charge in [0.1, 0.15) is 11.6 Å². The topological polar surface area (TPSA) is 71.5 Å². The molecule has 148 valence electrons. The Morgan fingerprint density at radius 2 is 1.82 bits per heavy atom. The minimum Gasteiger partial charge on any atom is -0.484 e. The van der Waals surface area contributed by atoms with Crippen LogP contribution in [0, 0.1) is 0 Å². The molecule has 1 N–H and O–H groups in total. The molecular weight excluding hydrogens is 378 g/mol. The fraction of sp³-hybridized carbons (Fsp3) is 0.381. The summed E-state index contributed by atoms with van der Waals surface area (Å²) >= 11 is 5.78. The molecule has 2 aromatic rings. The van der Waals surface area contributed by atoms with Crippen LogP contribution in [0.15, 0.2) is 42.6 Å². The van der Waals surface area contributed by atoms with Gasteiger partial charge in [0.25, 0.3) is 11.8 Å². The Hall–Kier alpha value is -2.60. The van der Waals surface area contributed by atoms with Crippen LogP contribution in [0.1, 0.15) is 43.5 Å². The number of benzene rings is 1. The Morgan fingerprint density at radius 3 is 2.43 bits per heavy atom. The van der Waals surface area contributed by atoms with E-state index in [1.807, 2.05) is 4.90 Å². The maximum Gasteiger partial charge on any atom is 0.260 e. The summed E-state index contributed by atoms with van der Waals surface area (Å²) in [5.74, 6) is 0.681. The number of ether oxygens (including phenoxy) is 1. The molecule has 0 aliphatic carbocycles. The molecule has 0 spiro atoms. The van der Waals surface area contributed by atoms with Gasteiger partial charge in [-0.2, -0.15) is 0 Å². The Kier molecular flexibility index (Phi) is 6.52. The van der Waals surface area contributed by atoms with Crippen molar-refractivity contribution in [2.45, 2.75) is 45.2 Å². The number of hydrogen-bond donors (Lipinski definition) is 1. The van der Waals surface area contributed by atoms with Gasteiger partial charge in [0, 0.05) is 23.8 Å². The summed E-state index contributed by atoms with van der Waals surface area (Å²) in [7, 11) is 0. The van der Waals surface area contributed by atoms with E-state index in [4.69, 9.17) is 16.3 Å². The lowest BCUT2D eigenvalue weighted by Gasteiger charge is -2.38. The standard InChI is InChI=1S/C21H24ClN3O3/c1-14-4-3-5-15(2)25(14)20(26)13-28-18-9-6-16(7-10-18)21(27)24-19-11-8-17(22)12-23-19/h6-12,14-15H,3-5,13H2,1-2H3,(H,23,24,27). The predicted molar refractivity (Wildman–Crippen MR) is 109 cm³/mol. The van der Waals surface area contributed by atoms with Crippen molar-refractivity contribution in [2.75, 3.05) is 11.9 Å². The van der Waals surface area contributed by atoms with E-state index in [9.17, 15) is 9.59 Å². The average Bonchev–Trinajstić information content (AvgIpc) is 2.68. The molecule has 1 saturated heterocycles. The van der Waals surface area contributed by atoms with Crippen molar-refractivity contribution < 1.29 is 14.3 Å². The molecule has 1 aliphatic rings. The molecule has 2 amide bonds. The molecule has 1 aliphatic heterocycles. The zero-order valence-electron chi connectivity index (χ0n) is 16.0. The van der Waals surface area contributed by atoms with Crippen molar-refractivity contribution in [3.63, 3.8) is 0 Å². The molecule has 0 saturated carbocycles.